The Balaban J connectivity index is 0.00000341. The number of halogens is 4. The van der Waals surface area contributed by atoms with Crippen LogP contribution < -0.4 is 10.6 Å². The molecule has 0 atom stereocenters. The van der Waals surface area contributed by atoms with Crippen LogP contribution in [0.1, 0.15) is 43.2 Å². The van der Waals surface area contributed by atoms with Gasteiger partial charge in [-0.05, 0) is 50.4 Å². The second kappa shape index (κ2) is 12.2. The van der Waals surface area contributed by atoms with E-state index < -0.39 is 17.2 Å². The molecule has 3 rings (SSSR count). The van der Waals surface area contributed by atoms with Gasteiger partial charge in [-0.15, -0.1) is 24.0 Å². The van der Waals surface area contributed by atoms with Crippen LogP contribution in [0.2, 0.25) is 0 Å². The highest BCUT2D eigenvalue weighted by atomic mass is 127. The fourth-order valence-corrected chi connectivity index (χ4v) is 4.34. The van der Waals surface area contributed by atoms with Crippen molar-refractivity contribution in [3.63, 3.8) is 0 Å². The van der Waals surface area contributed by atoms with Gasteiger partial charge < -0.3 is 20.3 Å². The molecule has 2 aliphatic rings. The highest BCUT2D eigenvalue weighted by molar-refractivity contribution is 14.0. The number of aliphatic imine (C=N–C) groups is 1. The van der Waals surface area contributed by atoms with Crippen LogP contribution in [0.25, 0.3) is 0 Å². The summed E-state index contributed by atoms with van der Waals surface area (Å²) >= 11 is 0. The van der Waals surface area contributed by atoms with Crippen molar-refractivity contribution < 1.29 is 17.9 Å². The molecule has 2 aliphatic heterocycles. The molecule has 0 bridgehead atoms. The number of likely N-dealkylation sites (tertiary alicyclic amines) is 1. The molecule has 1 aromatic carbocycles. The molecular weight excluding hydrogens is 520 g/mol. The number of nitrogens with zero attached hydrogens (tertiary/aromatic N) is 2. The summed E-state index contributed by atoms with van der Waals surface area (Å²) < 4.78 is 45.3. The van der Waals surface area contributed by atoms with Gasteiger partial charge in [-0.1, -0.05) is 24.6 Å². The molecule has 0 aromatic heterocycles. The predicted octanol–water partition coefficient (Wildman–Crippen LogP) is 4.02. The van der Waals surface area contributed by atoms with Crippen LogP contribution in [0.3, 0.4) is 0 Å². The average molecular weight is 554 g/mol. The molecule has 0 saturated carbocycles. The summed E-state index contributed by atoms with van der Waals surface area (Å²) in [6, 6.07) is 5.72. The van der Waals surface area contributed by atoms with Crippen molar-refractivity contribution in [1.82, 2.24) is 15.5 Å². The minimum Gasteiger partial charge on any atom is -0.381 e. The summed E-state index contributed by atoms with van der Waals surface area (Å²) in [4.78, 5) is 6.75. The van der Waals surface area contributed by atoms with Gasteiger partial charge in [0.05, 0.1) is 5.56 Å². The Morgan fingerprint density at radius 2 is 1.84 bits per heavy atom. The summed E-state index contributed by atoms with van der Waals surface area (Å²) in [6.07, 6.45) is 0.831. The summed E-state index contributed by atoms with van der Waals surface area (Å²) in [6.45, 7) is 5.64. The van der Waals surface area contributed by atoms with Crippen molar-refractivity contribution in [2.24, 2.45) is 4.99 Å². The molecule has 2 heterocycles. The molecule has 2 fully saturated rings. The van der Waals surface area contributed by atoms with Crippen molar-refractivity contribution in [3.8, 4) is 0 Å². The normalized spacial score (nSPS) is 20.1. The van der Waals surface area contributed by atoms with E-state index in [0.29, 0.717) is 44.1 Å². The standard InChI is InChI=1S/C22H33F3N4O.HI/c1-26-20(27-10-13-29-11-3-2-4-12-29)28-17-21(8-14-30-15-9-21)18-6-5-7-19(16-18)22(23,24)25;/h5-7,16H,2-4,8-15,17H2,1H3,(H2,26,27,28);1H. The zero-order valence-corrected chi connectivity index (χ0v) is 20.5. The van der Waals surface area contributed by atoms with Gasteiger partial charge in [0.25, 0.3) is 0 Å². The molecule has 31 heavy (non-hydrogen) atoms. The monoisotopic (exact) mass is 554 g/mol. The van der Waals surface area contributed by atoms with Crippen molar-refractivity contribution >= 4 is 29.9 Å². The van der Waals surface area contributed by atoms with Crippen LogP contribution in [0.4, 0.5) is 13.2 Å². The number of nitrogens with one attached hydrogen (secondary N) is 2. The Bertz CT molecular complexity index is 702. The highest BCUT2D eigenvalue weighted by Gasteiger charge is 2.37. The number of alkyl halides is 3. The van der Waals surface area contributed by atoms with E-state index in [9.17, 15) is 13.2 Å². The minimum atomic E-state index is -4.35. The first-order valence-electron chi connectivity index (χ1n) is 10.9. The van der Waals surface area contributed by atoms with Gasteiger partial charge in [0.15, 0.2) is 5.96 Å². The number of rotatable bonds is 6. The third-order valence-corrected chi connectivity index (χ3v) is 6.24. The number of ether oxygens (including phenoxy) is 1. The van der Waals surface area contributed by atoms with E-state index in [0.717, 1.165) is 32.2 Å². The van der Waals surface area contributed by atoms with Gasteiger partial charge in [-0.2, -0.15) is 13.2 Å². The van der Waals surface area contributed by atoms with Crippen molar-refractivity contribution in [2.75, 3.05) is 53.0 Å². The average Bonchev–Trinajstić information content (AvgIpc) is 2.77. The first-order valence-corrected chi connectivity index (χ1v) is 10.9. The highest BCUT2D eigenvalue weighted by Crippen LogP contribution is 2.37. The van der Waals surface area contributed by atoms with Gasteiger partial charge in [-0.25, -0.2) is 0 Å². The zero-order valence-electron chi connectivity index (χ0n) is 18.1. The van der Waals surface area contributed by atoms with Crippen LogP contribution >= 0.6 is 24.0 Å². The maximum Gasteiger partial charge on any atom is 0.416 e. The summed E-state index contributed by atoms with van der Waals surface area (Å²) in [7, 11) is 1.72. The van der Waals surface area contributed by atoms with E-state index >= 15 is 0 Å². The molecule has 1 aromatic rings. The van der Waals surface area contributed by atoms with Gasteiger partial charge in [-0.3, -0.25) is 4.99 Å². The third kappa shape index (κ3) is 7.49. The lowest BCUT2D eigenvalue weighted by Gasteiger charge is -2.38. The molecular formula is C22H34F3IN4O. The molecule has 0 amide bonds. The molecule has 9 heteroatoms. The molecule has 0 aliphatic carbocycles. The Morgan fingerprint density at radius 3 is 2.48 bits per heavy atom. The van der Waals surface area contributed by atoms with E-state index in [1.54, 1.807) is 13.1 Å². The van der Waals surface area contributed by atoms with Crippen LogP contribution in [-0.2, 0) is 16.3 Å². The number of hydrogen-bond donors (Lipinski definition) is 2. The van der Waals surface area contributed by atoms with Gasteiger partial charge >= 0.3 is 6.18 Å². The second-order valence-electron chi connectivity index (χ2n) is 8.23. The van der Waals surface area contributed by atoms with Crippen LogP contribution in [-0.4, -0.2) is 63.8 Å². The van der Waals surface area contributed by atoms with Crippen molar-refractivity contribution in [2.45, 2.75) is 43.7 Å². The number of piperidine rings is 1. The Kier molecular flexibility index (Phi) is 10.3. The number of benzene rings is 1. The Hall–Kier alpha value is -1.07. The van der Waals surface area contributed by atoms with Crippen molar-refractivity contribution in [3.05, 3.63) is 35.4 Å². The lowest BCUT2D eigenvalue weighted by Crippen LogP contribution is -2.49. The molecule has 2 saturated heterocycles. The quantitative estimate of drug-likeness (QED) is 0.317. The largest absolute Gasteiger partial charge is 0.416 e. The molecule has 0 radical (unpaired) electrons. The Labute approximate surface area is 200 Å². The van der Waals surface area contributed by atoms with E-state index in [-0.39, 0.29) is 24.0 Å². The predicted molar refractivity (Wildman–Crippen MR) is 128 cm³/mol. The first kappa shape index (κ1) is 26.2. The summed E-state index contributed by atoms with van der Waals surface area (Å²) in [5, 5.41) is 6.70. The molecule has 0 spiro atoms. The number of hydrogen-bond acceptors (Lipinski definition) is 3. The third-order valence-electron chi connectivity index (χ3n) is 6.24. The van der Waals surface area contributed by atoms with E-state index in [1.165, 1.54) is 31.4 Å². The van der Waals surface area contributed by atoms with Gasteiger partial charge in [0, 0.05) is 45.3 Å². The van der Waals surface area contributed by atoms with Crippen LogP contribution in [0.5, 0.6) is 0 Å². The molecule has 2 N–H and O–H groups in total. The summed E-state index contributed by atoms with van der Waals surface area (Å²) in [5.41, 5.74) is -0.309. The summed E-state index contributed by atoms with van der Waals surface area (Å²) in [5.74, 6) is 0.685. The second-order valence-corrected chi connectivity index (χ2v) is 8.23. The minimum absolute atomic E-state index is 0. The van der Waals surface area contributed by atoms with E-state index in [4.69, 9.17) is 4.74 Å². The SMILES string of the molecule is CN=C(NCCN1CCCCC1)NCC1(c2cccc(C(F)(F)F)c2)CCOCC1.I. The van der Waals surface area contributed by atoms with Gasteiger partial charge in [0.1, 0.15) is 0 Å². The number of guanidine groups is 1. The fraction of sp³-hybridized carbons (Fsp3) is 0.682. The molecule has 176 valence electrons. The van der Waals surface area contributed by atoms with Crippen LogP contribution in [0, 0.1) is 0 Å². The molecule has 0 unspecified atom stereocenters. The van der Waals surface area contributed by atoms with E-state index in [2.05, 4.69) is 20.5 Å². The zero-order chi connectivity index (χ0) is 21.5. The maximum atomic E-state index is 13.2. The van der Waals surface area contributed by atoms with Crippen molar-refractivity contribution in [1.29, 1.82) is 0 Å². The van der Waals surface area contributed by atoms with Gasteiger partial charge in [0.2, 0.25) is 0 Å². The lowest BCUT2D eigenvalue weighted by atomic mass is 9.73. The molecule has 5 nitrogen and oxygen atoms in total. The van der Waals surface area contributed by atoms with Crippen LogP contribution in [0.15, 0.2) is 29.3 Å². The smallest absolute Gasteiger partial charge is 0.381 e. The Morgan fingerprint density at radius 1 is 1.13 bits per heavy atom. The van der Waals surface area contributed by atoms with E-state index in [1.807, 2.05) is 0 Å². The topological polar surface area (TPSA) is 48.9 Å². The fourth-order valence-electron chi connectivity index (χ4n) is 4.34. The first-order chi connectivity index (χ1) is 14.4. The lowest BCUT2D eigenvalue weighted by molar-refractivity contribution is -0.137. The maximum absolute atomic E-state index is 13.2.